The molecule has 1 aromatic rings. The van der Waals surface area contributed by atoms with Gasteiger partial charge in [0.2, 0.25) is 0 Å². The number of hydrogen-bond donors (Lipinski definition) is 1. The van der Waals surface area contributed by atoms with Crippen LogP contribution in [0.3, 0.4) is 0 Å². The van der Waals surface area contributed by atoms with Crippen LogP contribution in [0.1, 0.15) is 66.8 Å². The summed E-state index contributed by atoms with van der Waals surface area (Å²) in [6.07, 6.45) is 8.34. The number of carbonyl (C=O) groups is 1. The number of halogens is 1. The van der Waals surface area contributed by atoms with E-state index in [0.29, 0.717) is 12.4 Å². The van der Waals surface area contributed by atoms with E-state index < -0.39 is 21.9 Å². The summed E-state index contributed by atoms with van der Waals surface area (Å²) in [4.78, 5) is 12.8. The molecule has 1 aliphatic heterocycles. The van der Waals surface area contributed by atoms with Crippen LogP contribution in [-0.4, -0.2) is 51.5 Å². The van der Waals surface area contributed by atoms with Gasteiger partial charge in [0.1, 0.15) is 11.6 Å². The van der Waals surface area contributed by atoms with E-state index in [-0.39, 0.29) is 43.2 Å². The molecule has 0 spiro atoms. The fourth-order valence-electron chi connectivity index (χ4n) is 7.03. The molecule has 180 valence electrons. The van der Waals surface area contributed by atoms with Gasteiger partial charge in [-0.2, -0.15) is 12.7 Å². The highest BCUT2D eigenvalue weighted by Gasteiger charge is 2.58. The van der Waals surface area contributed by atoms with Crippen molar-refractivity contribution in [1.82, 2.24) is 9.03 Å². The summed E-state index contributed by atoms with van der Waals surface area (Å²) >= 11 is 0. The molecule has 2 unspecified atom stereocenters. The molecule has 2 atom stereocenters. The summed E-state index contributed by atoms with van der Waals surface area (Å²) in [5.74, 6) is 1.43. The van der Waals surface area contributed by atoms with Gasteiger partial charge >= 0.3 is 10.2 Å². The van der Waals surface area contributed by atoms with E-state index in [1.165, 1.54) is 44.2 Å². The number of morpholine rings is 1. The maximum absolute atomic E-state index is 15.0. The van der Waals surface area contributed by atoms with E-state index in [0.717, 1.165) is 40.5 Å². The first kappa shape index (κ1) is 21.8. The molecule has 1 saturated heterocycles. The maximum atomic E-state index is 15.0. The Balaban J connectivity index is 1.20. The van der Waals surface area contributed by atoms with Crippen LogP contribution in [0.2, 0.25) is 0 Å². The van der Waals surface area contributed by atoms with E-state index in [1.807, 2.05) is 4.72 Å². The SMILES string of the molecule is O=C(NS(=O)(=O)N1CCOCC1)c1cc(C2CC2)c(OCC23CC4CC(CC2C4)C3)cc1F. The Morgan fingerprint density at radius 1 is 1.15 bits per heavy atom. The highest BCUT2D eigenvalue weighted by Crippen LogP contribution is 2.65. The molecule has 0 aromatic heterocycles. The lowest BCUT2D eigenvalue weighted by molar-refractivity contribution is 0.0718. The van der Waals surface area contributed by atoms with E-state index in [1.54, 1.807) is 0 Å². The molecule has 1 heterocycles. The van der Waals surface area contributed by atoms with Gasteiger partial charge in [0.05, 0.1) is 25.4 Å². The third-order valence-electron chi connectivity index (χ3n) is 8.57. The first-order valence-corrected chi connectivity index (χ1v) is 13.6. The summed E-state index contributed by atoms with van der Waals surface area (Å²) < 4.78 is 54.8. The predicted molar refractivity (Wildman–Crippen MR) is 119 cm³/mol. The minimum atomic E-state index is -4.05. The number of carbonyl (C=O) groups excluding carboxylic acids is 1. The number of benzene rings is 1. The number of rotatable bonds is 7. The molecule has 5 saturated carbocycles. The predicted octanol–water partition coefficient (Wildman–Crippen LogP) is 3.22. The number of nitrogens with one attached hydrogen (secondary N) is 1. The second-order valence-electron chi connectivity index (χ2n) is 10.8. The normalized spacial score (nSPS) is 33.4. The minimum absolute atomic E-state index is 0.162. The zero-order valence-corrected chi connectivity index (χ0v) is 19.5. The topological polar surface area (TPSA) is 84.9 Å². The van der Waals surface area contributed by atoms with Gasteiger partial charge in [-0.1, -0.05) is 0 Å². The highest BCUT2D eigenvalue weighted by molar-refractivity contribution is 7.87. The fraction of sp³-hybridized carbons (Fsp3) is 0.708. The van der Waals surface area contributed by atoms with Crippen molar-refractivity contribution in [3.8, 4) is 5.75 Å². The lowest BCUT2D eigenvalue weighted by Crippen LogP contribution is -2.48. The van der Waals surface area contributed by atoms with Gasteiger partial charge < -0.3 is 9.47 Å². The molecule has 9 heteroatoms. The van der Waals surface area contributed by atoms with Gasteiger partial charge in [-0.25, -0.2) is 9.11 Å². The van der Waals surface area contributed by atoms with Crippen LogP contribution in [0.4, 0.5) is 4.39 Å². The van der Waals surface area contributed by atoms with E-state index >= 15 is 4.39 Å². The van der Waals surface area contributed by atoms with Gasteiger partial charge in [-0.05, 0) is 80.2 Å². The Kier molecular flexibility index (Phi) is 5.23. The second-order valence-corrected chi connectivity index (χ2v) is 12.5. The van der Waals surface area contributed by atoms with Crippen LogP contribution in [0.15, 0.2) is 12.1 Å². The lowest BCUT2D eigenvalue weighted by Gasteiger charge is -2.33. The summed E-state index contributed by atoms with van der Waals surface area (Å²) in [5.41, 5.74) is 0.798. The average molecular weight is 479 g/mol. The molecule has 4 bridgehead atoms. The smallest absolute Gasteiger partial charge is 0.304 e. The van der Waals surface area contributed by atoms with Crippen LogP contribution in [0, 0.1) is 29.0 Å². The van der Waals surface area contributed by atoms with Crippen molar-refractivity contribution in [2.75, 3.05) is 32.9 Å². The lowest BCUT2D eigenvalue weighted by atomic mass is 9.76. The fourth-order valence-corrected chi connectivity index (χ4v) is 8.13. The molecule has 7 nitrogen and oxygen atoms in total. The van der Waals surface area contributed by atoms with Gasteiger partial charge in [-0.3, -0.25) is 4.79 Å². The monoisotopic (exact) mass is 478 g/mol. The number of nitrogens with zero attached hydrogens (tertiary/aromatic N) is 1. The summed E-state index contributed by atoms with van der Waals surface area (Å²) in [6.45, 7) is 1.47. The molecule has 5 aliphatic carbocycles. The third kappa shape index (κ3) is 3.96. The molecule has 6 fully saturated rings. The van der Waals surface area contributed by atoms with E-state index in [4.69, 9.17) is 9.47 Å². The quantitative estimate of drug-likeness (QED) is 0.651. The summed E-state index contributed by atoms with van der Waals surface area (Å²) in [6, 6.07) is 2.79. The van der Waals surface area contributed by atoms with Gasteiger partial charge in [0.25, 0.3) is 5.91 Å². The zero-order valence-electron chi connectivity index (χ0n) is 18.7. The van der Waals surface area contributed by atoms with Gasteiger partial charge in [0, 0.05) is 24.6 Å². The number of hydrogen-bond acceptors (Lipinski definition) is 5. The first-order chi connectivity index (χ1) is 15.8. The van der Waals surface area contributed by atoms with Crippen LogP contribution >= 0.6 is 0 Å². The van der Waals surface area contributed by atoms with Crippen molar-refractivity contribution in [3.63, 3.8) is 0 Å². The molecule has 1 aromatic carbocycles. The zero-order chi connectivity index (χ0) is 22.8. The molecular weight excluding hydrogens is 447 g/mol. The minimum Gasteiger partial charge on any atom is -0.493 e. The van der Waals surface area contributed by atoms with E-state index in [2.05, 4.69) is 0 Å². The van der Waals surface area contributed by atoms with Crippen molar-refractivity contribution in [3.05, 3.63) is 29.1 Å². The van der Waals surface area contributed by atoms with Crippen LogP contribution in [-0.2, 0) is 14.9 Å². The average Bonchev–Trinajstić information content (AvgIpc) is 3.55. The Morgan fingerprint density at radius 3 is 2.52 bits per heavy atom. The highest BCUT2D eigenvalue weighted by atomic mass is 32.2. The van der Waals surface area contributed by atoms with Gasteiger partial charge in [0.15, 0.2) is 0 Å². The Bertz CT molecular complexity index is 1050. The molecule has 1 amide bonds. The van der Waals surface area contributed by atoms with Crippen LogP contribution in [0.25, 0.3) is 0 Å². The maximum Gasteiger partial charge on any atom is 0.304 e. The van der Waals surface area contributed by atoms with Crippen molar-refractivity contribution in [2.24, 2.45) is 23.2 Å². The Labute approximate surface area is 194 Å². The van der Waals surface area contributed by atoms with Crippen LogP contribution < -0.4 is 9.46 Å². The molecule has 1 N–H and O–H groups in total. The third-order valence-corrected chi connectivity index (χ3v) is 10.1. The van der Waals surface area contributed by atoms with Gasteiger partial charge in [-0.15, -0.1) is 0 Å². The molecule has 0 radical (unpaired) electrons. The van der Waals surface area contributed by atoms with Crippen LogP contribution in [0.5, 0.6) is 5.75 Å². The molecular formula is C24H31FN2O5S. The summed E-state index contributed by atoms with van der Waals surface area (Å²) in [7, 11) is -4.05. The van der Waals surface area contributed by atoms with Crippen molar-refractivity contribution < 1.29 is 27.1 Å². The van der Waals surface area contributed by atoms with E-state index in [9.17, 15) is 13.2 Å². The van der Waals surface area contributed by atoms with Crippen molar-refractivity contribution in [1.29, 1.82) is 0 Å². The first-order valence-electron chi connectivity index (χ1n) is 12.2. The molecule has 6 aliphatic rings. The Morgan fingerprint density at radius 2 is 1.85 bits per heavy atom. The summed E-state index contributed by atoms with van der Waals surface area (Å²) in [5, 5.41) is 0. The molecule has 7 rings (SSSR count). The second kappa shape index (κ2) is 7.92. The number of ether oxygens (including phenoxy) is 2. The van der Waals surface area contributed by atoms with Crippen molar-refractivity contribution in [2.45, 2.75) is 50.9 Å². The molecule has 33 heavy (non-hydrogen) atoms. The largest absolute Gasteiger partial charge is 0.493 e. The number of amides is 1. The Hall–Kier alpha value is -1.71. The standard InChI is InChI=1S/C24H31FN2O5S/c25-21-11-22(32-14-24-12-15-7-16(13-24)9-18(24)8-15)19(17-1-2-17)10-20(21)23(28)26-33(29,30)27-3-5-31-6-4-27/h10-11,15-18H,1-9,12-14H2,(H,26,28). The van der Waals surface area contributed by atoms with Crippen molar-refractivity contribution >= 4 is 16.1 Å².